The van der Waals surface area contributed by atoms with Crippen molar-refractivity contribution in [1.29, 1.82) is 0 Å². The van der Waals surface area contributed by atoms with Gasteiger partial charge in [-0.3, -0.25) is 0 Å². The quantitative estimate of drug-likeness (QED) is 0.133. The van der Waals surface area contributed by atoms with Crippen LogP contribution in [0.2, 0.25) is 0 Å². The van der Waals surface area contributed by atoms with E-state index in [9.17, 15) is 9.13 Å². The van der Waals surface area contributed by atoms with Crippen molar-refractivity contribution < 1.29 is 9.13 Å². The molecule has 0 aliphatic rings. The molecule has 6 aromatic rings. The van der Waals surface area contributed by atoms with Crippen LogP contribution in [0.15, 0.2) is 110 Å². The molecular weight excluding hydrogens is 582 g/mol. The molecule has 8 heteroatoms. The Morgan fingerprint density at radius 1 is 0.682 bits per heavy atom. The van der Waals surface area contributed by atoms with E-state index in [2.05, 4.69) is 17.2 Å². The Labute approximate surface area is 258 Å². The largest absolute Gasteiger partial charge is 0.319 e. The summed E-state index contributed by atoms with van der Waals surface area (Å²) in [6, 6.07) is 30.0. The van der Waals surface area contributed by atoms with Gasteiger partial charge in [0.25, 0.3) is 0 Å². The minimum atomic E-state index is -2.52. The number of benzene rings is 4. The van der Waals surface area contributed by atoms with Crippen molar-refractivity contribution in [3.8, 4) is 28.5 Å². The van der Waals surface area contributed by atoms with Crippen molar-refractivity contribution in [2.45, 2.75) is 6.92 Å². The van der Waals surface area contributed by atoms with Gasteiger partial charge in [0.05, 0.1) is 11.0 Å². The Bertz CT molecular complexity index is 2130. The van der Waals surface area contributed by atoms with E-state index in [0.717, 1.165) is 54.8 Å². The zero-order valence-corrected chi connectivity index (χ0v) is 27.3. The van der Waals surface area contributed by atoms with Crippen molar-refractivity contribution in [1.82, 2.24) is 19.5 Å². The zero-order valence-electron chi connectivity index (χ0n) is 25.5. The number of rotatable bonds is 7. The molecule has 0 fully saturated rings. The maximum atomic E-state index is 13.2. The summed E-state index contributed by atoms with van der Waals surface area (Å²) in [5.41, 5.74) is 5.28. The van der Waals surface area contributed by atoms with Gasteiger partial charge in [-0.15, -0.1) is 0 Å². The van der Waals surface area contributed by atoms with Crippen LogP contribution >= 0.6 is 14.3 Å². The highest BCUT2D eigenvalue weighted by Crippen LogP contribution is 2.41. The summed E-state index contributed by atoms with van der Waals surface area (Å²) >= 11 is 0. The Hall–Kier alpha value is -4.37. The van der Waals surface area contributed by atoms with Crippen LogP contribution in [0.3, 0.4) is 0 Å². The smallest absolute Gasteiger partial charge is 0.164 e. The SMILES string of the molecule is C=C/C(=C\C)c1nc(-c2ccccc2)nc(-c2cccc(-n3c4cc(P(C)(C)=O)ccc4c4ccc(P(C)(C)=O)cc43)c2)n1. The lowest BCUT2D eigenvalue weighted by Crippen LogP contribution is -2.05. The first-order chi connectivity index (χ1) is 21.0. The van der Waals surface area contributed by atoms with Crippen LogP contribution in [0.25, 0.3) is 55.8 Å². The summed E-state index contributed by atoms with van der Waals surface area (Å²) in [5.74, 6) is 1.66. The third-order valence-electron chi connectivity index (χ3n) is 7.80. The van der Waals surface area contributed by atoms with E-state index in [1.54, 1.807) is 32.7 Å². The minimum absolute atomic E-state index is 0.539. The molecule has 4 aromatic carbocycles. The molecular formula is C36H34N4O2P2. The van der Waals surface area contributed by atoms with E-state index in [0.29, 0.717) is 17.5 Å². The molecule has 6 rings (SSSR count). The average molecular weight is 617 g/mol. The average Bonchev–Trinajstić information content (AvgIpc) is 3.34. The fourth-order valence-electron chi connectivity index (χ4n) is 5.42. The van der Waals surface area contributed by atoms with Crippen LogP contribution in [0.5, 0.6) is 0 Å². The molecule has 0 aliphatic heterocycles. The van der Waals surface area contributed by atoms with E-state index in [1.807, 2.05) is 97.9 Å². The van der Waals surface area contributed by atoms with Gasteiger partial charge in [0, 0.05) is 43.8 Å². The van der Waals surface area contributed by atoms with E-state index in [1.165, 1.54) is 0 Å². The minimum Gasteiger partial charge on any atom is -0.319 e. The standard InChI is InChI=1S/C36H34N4O2P2/c1-7-24(8-2)34-37-35(25-13-10-9-11-14-25)39-36(38-34)26-15-12-16-27(21-26)40-32-22-28(43(3,4)41)17-19-30(32)31-20-18-29(23-33(31)40)44(5,6)42/h7-23H,1H2,2-6H3/b24-8+. The molecule has 0 aliphatic carbocycles. The zero-order chi connectivity index (χ0) is 31.2. The summed E-state index contributed by atoms with van der Waals surface area (Å²) in [7, 11) is -5.05. The second-order valence-corrected chi connectivity index (χ2v) is 18.0. The van der Waals surface area contributed by atoms with Gasteiger partial charge in [-0.25, -0.2) is 15.0 Å². The molecule has 0 N–H and O–H groups in total. The number of hydrogen-bond acceptors (Lipinski definition) is 5. The maximum Gasteiger partial charge on any atom is 0.164 e. The van der Waals surface area contributed by atoms with Gasteiger partial charge >= 0.3 is 0 Å². The van der Waals surface area contributed by atoms with Crippen molar-refractivity contribution in [3.05, 3.63) is 116 Å². The first kappa shape index (κ1) is 29.7. The molecule has 0 amide bonds. The lowest BCUT2D eigenvalue weighted by atomic mass is 10.1. The topological polar surface area (TPSA) is 77.7 Å². The highest BCUT2D eigenvalue weighted by Gasteiger charge is 2.20. The van der Waals surface area contributed by atoms with Gasteiger partial charge in [-0.05, 0) is 57.8 Å². The molecule has 0 atom stereocenters. The normalized spacial score (nSPS) is 12.6. The number of hydrogen-bond donors (Lipinski definition) is 0. The van der Waals surface area contributed by atoms with Crippen molar-refractivity contribution in [2.75, 3.05) is 26.7 Å². The molecule has 0 radical (unpaired) electrons. The number of aromatic nitrogens is 4. The second kappa shape index (κ2) is 11.3. The predicted molar refractivity (Wildman–Crippen MR) is 187 cm³/mol. The molecule has 0 spiro atoms. The Balaban J connectivity index is 1.63. The van der Waals surface area contributed by atoms with Crippen molar-refractivity contribution >= 4 is 52.3 Å². The lowest BCUT2D eigenvalue weighted by Gasteiger charge is -2.13. The summed E-state index contributed by atoms with van der Waals surface area (Å²) in [4.78, 5) is 14.5. The van der Waals surface area contributed by atoms with Gasteiger partial charge in [0.2, 0.25) is 0 Å². The van der Waals surface area contributed by atoms with Crippen LogP contribution in [-0.2, 0) is 9.13 Å². The van der Waals surface area contributed by atoms with Crippen LogP contribution in [0.1, 0.15) is 12.7 Å². The fraction of sp³-hybridized carbons (Fsp3) is 0.139. The van der Waals surface area contributed by atoms with Crippen LogP contribution < -0.4 is 10.6 Å². The number of fused-ring (bicyclic) bond motifs is 3. The Kier molecular flexibility index (Phi) is 7.61. The molecule has 0 saturated carbocycles. The number of allylic oxidation sites excluding steroid dienone is 3. The summed E-state index contributed by atoms with van der Waals surface area (Å²) in [6.07, 6.45) is 3.68. The summed E-state index contributed by atoms with van der Waals surface area (Å²) < 4.78 is 28.5. The third-order valence-corrected chi connectivity index (χ3v) is 10.8. The highest BCUT2D eigenvalue weighted by atomic mass is 31.2. The van der Waals surface area contributed by atoms with Crippen LogP contribution in [-0.4, -0.2) is 46.2 Å². The Morgan fingerprint density at radius 2 is 1.23 bits per heavy atom. The van der Waals surface area contributed by atoms with Crippen molar-refractivity contribution in [2.24, 2.45) is 0 Å². The molecule has 0 saturated heterocycles. The van der Waals surface area contributed by atoms with Gasteiger partial charge < -0.3 is 13.7 Å². The predicted octanol–water partition coefficient (Wildman–Crippen LogP) is 8.39. The van der Waals surface area contributed by atoms with Crippen molar-refractivity contribution in [3.63, 3.8) is 0 Å². The van der Waals surface area contributed by atoms with Gasteiger partial charge in [-0.2, -0.15) is 0 Å². The summed E-state index contributed by atoms with van der Waals surface area (Å²) in [5, 5.41) is 3.68. The lowest BCUT2D eigenvalue weighted by molar-refractivity contribution is 0.587. The molecule has 44 heavy (non-hydrogen) atoms. The fourth-order valence-corrected chi connectivity index (χ4v) is 7.15. The monoisotopic (exact) mass is 616 g/mol. The number of nitrogens with zero attached hydrogens (tertiary/aromatic N) is 4. The van der Waals surface area contributed by atoms with E-state index in [4.69, 9.17) is 15.0 Å². The molecule has 0 unspecified atom stereocenters. The Morgan fingerprint density at radius 3 is 1.75 bits per heavy atom. The van der Waals surface area contributed by atoms with Crippen LogP contribution in [0.4, 0.5) is 0 Å². The van der Waals surface area contributed by atoms with E-state index < -0.39 is 14.3 Å². The highest BCUT2D eigenvalue weighted by molar-refractivity contribution is 7.70. The van der Waals surface area contributed by atoms with Crippen LogP contribution in [0, 0.1) is 0 Å². The summed E-state index contributed by atoms with van der Waals surface area (Å²) in [6.45, 7) is 13.0. The third kappa shape index (κ3) is 5.52. The molecule has 220 valence electrons. The molecule has 2 aromatic heterocycles. The van der Waals surface area contributed by atoms with Gasteiger partial charge in [0.1, 0.15) is 14.3 Å². The first-order valence-electron chi connectivity index (χ1n) is 14.4. The second-order valence-electron chi connectivity index (χ2n) is 11.6. The van der Waals surface area contributed by atoms with Gasteiger partial charge in [-0.1, -0.05) is 85.5 Å². The molecule has 6 nitrogen and oxygen atoms in total. The molecule has 0 bridgehead atoms. The maximum absolute atomic E-state index is 13.2. The molecule has 2 heterocycles. The van der Waals surface area contributed by atoms with Gasteiger partial charge in [0.15, 0.2) is 17.5 Å². The van der Waals surface area contributed by atoms with E-state index in [-0.39, 0.29) is 0 Å². The first-order valence-corrected chi connectivity index (χ1v) is 19.6. The van der Waals surface area contributed by atoms with E-state index >= 15 is 0 Å².